The van der Waals surface area contributed by atoms with Crippen LogP contribution in [0.25, 0.3) is 0 Å². The van der Waals surface area contributed by atoms with Crippen molar-refractivity contribution in [3.8, 4) is 0 Å². The molecule has 54 valence electrons. The summed E-state index contributed by atoms with van der Waals surface area (Å²) in [5.41, 5.74) is 1.37. The number of nitrogens with one attached hydrogen (secondary N) is 1. The molecule has 1 atom stereocenters. The van der Waals surface area contributed by atoms with E-state index in [-0.39, 0.29) is 0 Å². The minimum Gasteiger partial charge on any atom is -0.361 e. The first-order valence-electron chi connectivity index (χ1n) is 3.83. The van der Waals surface area contributed by atoms with E-state index in [4.69, 9.17) is 4.74 Å². The molecule has 0 aromatic heterocycles. The fourth-order valence-corrected chi connectivity index (χ4v) is 1.47. The van der Waals surface area contributed by atoms with E-state index in [1.807, 2.05) is 0 Å². The molecule has 0 amide bonds. The molecule has 0 bridgehead atoms. The number of allylic oxidation sites excluding steroid dienone is 1. The van der Waals surface area contributed by atoms with Gasteiger partial charge >= 0.3 is 0 Å². The Kier molecular flexibility index (Phi) is 1.55. The van der Waals surface area contributed by atoms with Crippen LogP contribution in [0.3, 0.4) is 0 Å². The third kappa shape index (κ3) is 0.991. The van der Waals surface area contributed by atoms with Crippen LogP contribution in [0.5, 0.6) is 0 Å². The molecule has 1 aliphatic carbocycles. The van der Waals surface area contributed by atoms with Crippen molar-refractivity contribution >= 4 is 5.71 Å². The number of hydrogen-bond acceptors (Lipinski definition) is 1. The monoisotopic (exact) mass is 138 g/mol. The van der Waals surface area contributed by atoms with Gasteiger partial charge in [-0.15, -0.1) is 0 Å². The van der Waals surface area contributed by atoms with Crippen LogP contribution >= 0.6 is 0 Å². The molecule has 1 unspecified atom stereocenters. The molecular weight excluding hydrogens is 126 g/mol. The van der Waals surface area contributed by atoms with E-state index in [0.717, 1.165) is 26.0 Å². The van der Waals surface area contributed by atoms with Crippen molar-refractivity contribution in [2.45, 2.75) is 18.9 Å². The highest BCUT2D eigenvalue weighted by molar-refractivity contribution is 5.86. The summed E-state index contributed by atoms with van der Waals surface area (Å²) in [7, 11) is 0. The molecule has 2 rings (SSSR count). The maximum Gasteiger partial charge on any atom is 0.184 e. The molecule has 1 N–H and O–H groups in total. The zero-order chi connectivity index (χ0) is 6.81. The van der Waals surface area contributed by atoms with Gasteiger partial charge in [-0.1, -0.05) is 12.2 Å². The van der Waals surface area contributed by atoms with Gasteiger partial charge in [0, 0.05) is 12.8 Å². The lowest BCUT2D eigenvalue weighted by Crippen LogP contribution is -2.79. The molecule has 2 nitrogen and oxygen atoms in total. The van der Waals surface area contributed by atoms with E-state index in [0.29, 0.717) is 6.10 Å². The highest BCUT2D eigenvalue weighted by Crippen LogP contribution is 2.09. The molecule has 0 saturated heterocycles. The first-order valence-corrected chi connectivity index (χ1v) is 3.83. The van der Waals surface area contributed by atoms with Crippen LogP contribution in [0.1, 0.15) is 12.8 Å². The third-order valence-electron chi connectivity index (χ3n) is 2.02. The van der Waals surface area contributed by atoms with Gasteiger partial charge in [0.05, 0.1) is 0 Å². The zero-order valence-corrected chi connectivity index (χ0v) is 5.97. The quantitative estimate of drug-likeness (QED) is 0.438. The van der Waals surface area contributed by atoms with Crippen LogP contribution in [-0.4, -0.2) is 25.0 Å². The fourth-order valence-electron chi connectivity index (χ4n) is 1.47. The SMILES string of the molecule is C1=CCC2OCC[NH+]=C2C1. The Labute approximate surface area is 60.6 Å². The lowest BCUT2D eigenvalue weighted by molar-refractivity contribution is -0.477. The maximum absolute atomic E-state index is 5.53. The second kappa shape index (κ2) is 2.54. The van der Waals surface area contributed by atoms with Gasteiger partial charge in [0.2, 0.25) is 0 Å². The first-order chi connectivity index (χ1) is 4.97. The summed E-state index contributed by atoms with van der Waals surface area (Å²) in [4.78, 5) is 3.36. The summed E-state index contributed by atoms with van der Waals surface area (Å²) in [6, 6.07) is 0. The van der Waals surface area contributed by atoms with Crippen LogP contribution in [0.15, 0.2) is 12.2 Å². The molecule has 0 radical (unpaired) electrons. The van der Waals surface area contributed by atoms with Gasteiger partial charge in [-0.05, 0) is 0 Å². The van der Waals surface area contributed by atoms with Crippen molar-refractivity contribution in [2.75, 3.05) is 13.2 Å². The second-order valence-corrected chi connectivity index (χ2v) is 2.72. The Morgan fingerprint density at radius 2 is 2.50 bits per heavy atom. The summed E-state index contributed by atoms with van der Waals surface area (Å²) in [6.45, 7) is 1.85. The number of rotatable bonds is 0. The number of hydrogen-bond donors (Lipinski definition) is 1. The minimum absolute atomic E-state index is 0.374. The van der Waals surface area contributed by atoms with E-state index in [1.54, 1.807) is 0 Å². The molecule has 0 aromatic rings. The van der Waals surface area contributed by atoms with Crippen LogP contribution < -0.4 is 4.99 Å². The molecule has 2 aliphatic rings. The summed E-state index contributed by atoms with van der Waals surface area (Å²) >= 11 is 0. The van der Waals surface area contributed by atoms with Crippen molar-refractivity contribution < 1.29 is 9.73 Å². The van der Waals surface area contributed by atoms with Gasteiger partial charge < -0.3 is 4.74 Å². The van der Waals surface area contributed by atoms with Gasteiger partial charge in [0.15, 0.2) is 12.3 Å². The Morgan fingerprint density at radius 1 is 1.50 bits per heavy atom. The summed E-state index contributed by atoms with van der Waals surface area (Å²) in [5, 5.41) is 0. The predicted octanol–water partition coefficient (Wildman–Crippen LogP) is -0.743. The highest BCUT2D eigenvalue weighted by Gasteiger charge is 2.25. The number of ether oxygens (including phenoxy) is 1. The Hall–Kier alpha value is -0.630. The van der Waals surface area contributed by atoms with Gasteiger partial charge in [0.1, 0.15) is 12.7 Å². The number of fused-ring (bicyclic) bond motifs is 1. The first kappa shape index (κ1) is 6.10. The average molecular weight is 138 g/mol. The van der Waals surface area contributed by atoms with Crippen LogP contribution in [0.4, 0.5) is 0 Å². The summed E-state index contributed by atoms with van der Waals surface area (Å²) in [5.74, 6) is 0. The zero-order valence-electron chi connectivity index (χ0n) is 5.97. The molecular formula is C8H12NO+. The van der Waals surface area contributed by atoms with Crippen LogP contribution in [0, 0.1) is 0 Å². The Bertz CT molecular complexity index is 184. The van der Waals surface area contributed by atoms with Gasteiger partial charge in [-0.25, -0.2) is 4.99 Å². The molecule has 0 aromatic carbocycles. The largest absolute Gasteiger partial charge is 0.361 e. The molecule has 0 fully saturated rings. The van der Waals surface area contributed by atoms with Crippen molar-refractivity contribution in [2.24, 2.45) is 0 Å². The van der Waals surface area contributed by atoms with Crippen molar-refractivity contribution in [1.29, 1.82) is 0 Å². The normalized spacial score (nSPS) is 31.2. The Morgan fingerprint density at radius 3 is 3.40 bits per heavy atom. The van der Waals surface area contributed by atoms with Gasteiger partial charge in [-0.3, -0.25) is 0 Å². The van der Waals surface area contributed by atoms with Crippen LogP contribution in [-0.2, 0) is 4.74 Å². The summed E-state index contributed by atoms with van der Waals surface area (Å²) in [6.07, 6.45) is 6.89. The minimum atomic E-state index is 0.374. The van der Waals surface area contributed by atoms with Gasteiger partial charge in [-0.2, -0.15) is 0 Å². The van der Waals surface area contributed by atoms with E-state index in [9.17, 15) is 0 Å². The van der Waals surface area contributed by atoms with E-state index in [2.05, 4.69) is 17.1 Å². The van der Waals surface area contributed by atoms with Crippen molar-refractivity contribution in [3.63, 3.8) is 0 Å². The lowest BCUT2D eigenvalue weighted by Gasteiger charge is -2.19. The third-order valence-corrected chi connectivity index (χ3v) is 2.02. The van der Waals surface area contributed by atoms with Gasteiger partial charge in [0.25, 0.3) is 0 Å². The highest BCUT2D eigenvalue weighted by atomic mass is 16.5. The van der Waals surface area contributed by atoms with Crippen molar-refractivity contribution in [3.05, 3.63) is 12.2 Å². The average Bonchev–Trinajstić information content (AvgIpc) is 2.05. The lowest BCUT2D eigenvalue weighted by atomic mass is 10.0. The predicted molar refractivity (Wildman–Crippen MR) is 39.0 cm³/mol. The smallest absolute Gasteiger partial charge is 0.184 e. The molecule has 2 heteroatoms. The molecule has 0 saturated carbocycles. The fraction of sp³-hybridized carbons (Fsp3) is 0.625. The van der Waals surface area contributed by atoms with E-state index in [1.165, 1.54) is 5.71 Å². The topological polar surface area (TPSA) is 23.2 Å². The summed E-state index contributed by atoms with van der Waals surface area (Å²) < 4.78 is 5.53. The van der Waals surface area contributed by atoms with E-state index < -0.39 is 0 Å². The molecule has 1 aliphatic heterocycles. The van der Waals surface area contributed by atoms with E-state index >= 15 is 0 Å². The Balaban J connectivity index is 2.17. The molecule has 1 heterocycles. The second-order valence-electron chi connectivity index (χ2n) is 2.72. The molecule has 0 spiro atoms. The van der Waals surface area contributed by atoms with Crippen molar-refractivity contribution in [1.82, 2.24) is 0 Å². The molecule has 10 heavy (non-hydrogen) atoms. The maximum atomic E-state index is 5.53. The standard InChI is InChI=1S/C8H11NO/c1-2-4-8-7(3-1)9-5-6-10-8/h1-2,8H,3-6H2/p+1. The van der Waals surface area contributed by atoms with Crippen LogP contribution in [0.2, 0.25) is 0 Å².